The number of amides is 1. The number of ether oxygens (including phenoxy) is 1. The number of carbonyl (C=O) groups is 1. The van der Waals surface area contributed by atoms with Gasteiger partial charge in [-0.25, -0.2) is 14.2 Å². The molecule has 1 aliphatic heterocycles. The average Bonchev–Trinajstić information content (AvgIpc) is 2.91. The van der Waals surface area contributed by atoms with Crippen LogP contribution < -0.4 is 11.0 Å². The number of para-hydroxylation sites is 2. The van der Waals surface area contributed by atoms with Crippen LogP contribution in [0.4, 0.5) is 4.79 Å². The van der Waals surface area contributed by atoms with E-state index in [2.05, 4.69) is 5.32 Å². The Labute approximate surface area is 157 Å². The highest BCUT2D eigenvalue weighted by molar-refractivity contribution is 5.89. The Morgan fingerprint density at radius 3 is 2.52 bits per heavy atom. The Kier molecular flexibility index (Phi) is 5.69. The lowest BCUT2D eigenvalue weighted by Crippen LogP contribution is -2.53. The quantitative estimate of drug-likeness (QED) is 0.719. The molecule has 27 heavy (non-hydrogen) atoms. The summed E-state index contributed by atoms with van der Waals surface area (Å²) in [6.45, 7) is 4.43. The van der Waals surface area contributed by atoms with E-state index >= 15 is 0 Å². The first-order valence-corrected chi connectivity index (χ1v) is 9.25. The van der Waals surface area contributed by atoms with Gasteiger partial charge >= 0.3 is 11.7 Å². The lowest BCUT2D eigenvalue weighted by Gasteiger charge is -2.28. The van der Waals surface area contributed by atoms with Gasteiger partial charge in [0.05, 0.1) is 29.3 Å². The van der Waals surface area contributed by atoms with E-state index in [1.54, 1.807) is 16.7 Å². The van der Waals surface area contributed by atoms with Crippen LogP contribution >= 0.6 is 0 Å². The third kappa shape index (κ3) is 4.07. The van der Waals surface area contributed by atoms with Crippen molar-refractivity contribution in [3.63, 3.8) is 0 Å². The third-order valence-electron chi connectivity index (χ3n) is 5.15. The van der Waals surface area contributed by atoms with Gasteiger partial charge in [-0.15, -0.1) is 0 Å². The first-order valence-electron chi connectivity index (χ1n) is 9.25. The molecule has 148 valence electrons. The molecule has 0 saturated carbocycles. The molecule has 1 saturated heterocycles. The van der Waals surface area contributed by atoms with Gasteiger partial charge < -0.3 is 20.3 Å². The fourth-order valence-corrected chi connectivity index (χ4v) is 3.43. The predicted molar refractivity (Wildman–Crippen MR) is 101 cm³/mol. The number of carbonyl (C=O) groups excluding carboxylic acids is 1. The maximum absolute atomic E-state index is 13.0. The van der Waals surface area contributed by atoms with Crippen molar-refractivity contribution >= 4 is 17.1 Å². The second-order valence-electron chi connectivity index (χ2n) is 7.61. The van der Waals surface area contributed by atoms with Gasteiger partial charge in [-0.05, 0) is 44.7 Å². The van der Waals surface area contributed by atoms with Crippen molar-refractivity contribution in [2.45, 2.75) is 44.9 Å². The van der Waals surface area contributed by atoms with Gasteiger partial charge in [0.2, 0.25) is 0 Å². The SMILES string of the molecule is CC(C)(O)[C@H](CO)NC(=O)n1c(=O)n(CC2CCOCC2)c2ccccc21. The summed E-state index contributed by atoms with van der Waals surface area (Å²) in [7, 11) is 0. The van der Waals surface area contributed by atoms with Crippen LogP contribution in [0.15, 0.2) is 29.1 Å². The number of aromatic nitrogens is 2. The van der Waals surface area contributed by atoms with Crippen molar-refractivity contribution in [2.75, 3.05) is 19.8 Å². The minimum Gasteiger partial charge on any atom is -0.394 e. The fourth-order valence-electron chi connectivity index (χ4n) is 3.43. The maximum atomic E-state index is 13.0. The predicted octanol–water partition coefficient (Wildman–Crippen LogP) is 0.919. The second kappa shape index (κ2) is 7.84. The van der Waals surface area contributed by atoms with Crippen molar-refractivity contribution in [1.82, 2.24) is 14.5 Å². The molecule has 0 radical (unpaired) electrons. The average molecular weight is 377 g/mol. The van der Waals surface area contributed by atoms with E-state index in [0.29, 0.717) is 36.7 Å². The lowest BCUT2D eigenvalue weighted by molar-refractivity contribution is 0.0190. The number of nitrogens with zero attached hydrogens (tertiary/aromatic N) is 2. The number of imidazole rings is 1. The monoisotopic (exact) mass is 377 g/mol. The molecule has 1 aromatic carbocycles. The highest BCUT2D eigenvalue weighted by Gasteiger charge is 2.30. The summed E-state index contributed by atoms with van der Waals surface area (Å²) in [5.74, 6) is 0.320. The maximum Gasteiger partial charge on any atom is 0.337 e. The van der Waals surface area contributed by atoms with E-state index in [-0.39, 0.29) is 0 Å². The minimum absolute atomic E-state index is 0.320. The van der Waals surface area contributed by atoms with Crippen molar-refractivity contribution in [3.05, 3.63) is 34.7 Å². The first kappa shape index (κ1) is 19.6. The standard InChI is InChI=1S/C19H27N3O5/c1-19(2,26)16(12-23)20-17(24)22-15-6-4-3-5-14(15)21(18(22)25)11-13-7-9-27-10-8-13/h3-6,13,16,23,26H,7-12H2,1-2H3,(H,20,24)/t16-/m0/s1. The molecule has 0 unspecified atom stereocenters. The Bertz CT molecular complexity index is 858. The van der Waals surface area contributed by atoms with Gasteiger partial charge in [-0.3, -0.25) is 4.57 Å². The van der Waals surface area contributed by atoms with Crippen LogP contribution in [-0.4, -0.2) is 56.8 Å². The van der Waals surface area contributed by atoms with Crippen LogP contribution in [0.2, 0.25) is 0 Å². The summed E-state index contributed by atoms with van der Waals surface area (Å²) in [6, 6.07) is 5.58. The molecule has 2 aromatic rings. The molecule has 0 bridgehead atoms. The second-order valence-corrected chi connectivity index (χ2v) is 7.61. The molecular formula is C19H27N3O5. The first-order chi connectivity index (χ1) is 12.8. The van der Waals surface area contributed by atoms with Gasteiger partial charge in [-0.2, -0.15) is 0 Å². The lowest BCUT2D eigenvalue weighted by atomic mass is 10.0. The summed E-state index contributed by atoms with van der Waals surface area (Å²) in [6.07, 6.45) is 1.76. The normalized spacial score (nSPS) is 17.2. The van der Waals surface area contributed by atoms with Crippen LogP contribution in [0.1, 0.15) is 26.7 Å². The van der Waals surface area contributed by atoms with E-state index < -0.39 is 30.0 Å². The summed E-state index contributed by atoms with van der Waals surface area (Å²) >= 11 is 0. The van der Waals surface area contributed by atoms with Crippen LogP contribution in [-0.2, 0) is 11.3 Å². The molecule has 8 heteroatoms. The summed E-state index contributed by atoms with van der Waals surface area (Å²) in [4.78, 5) is 25.8. The number of rotatable bonds is 5. The zero-order valence-electron chi connectivity index (χ0n) is 15.7. The Morgan fingerprint density at radius 2 is 1.93 bits per heavy atom. The molecular weight excluding hydrogens is 350 g/mol. The number of hydrogen-bond acceptors (Lipinski definition) is 5. The van der Waals surface area contributed by atoms with Crippen molar-refractivity contribution < 1.29 is 19.7 Å². The Hall–Kier alpha value is -2.16. The molecule has 3 rings (SSSR count). The number of aliphatic hydroxyl groups excluding tert-OH is 1. The Morgan fingerprint density at radius 1 is 1.30 bits per heavy atom. The van der Waals surface area contributed by atoms with Crippen LogP contribution in [0.25, 0.3) is 11.0 Å². The topological polar surface area (TPSA) is 106 Å². The van der Waals surface area contributed by atoms with Gasteiger partial charge in [0.25, 0.3) is 0 Å². The number of hydrogen-bond donors (Lipinski definition) is 3. The molecule has 1 aromatic heterocycles. The highest BCUT2D eigenvalue weighted by atomic mass is 16.5. The van der Waals surface area contributed by atoms with E-state index in [0.717, 1.165) is 17.4 Å². The molecule has 1 atom stereocenters. The molecule has 2 heterocycles. The largest absolute Gasteiger partial charge is 0.394 e. The highest BCUT2D eigenvalue weighted by Crippen LogP contribution is 2.20. The fraction of sp³-hybridized carbons (Fsp3) is 0.579. The summed E-state index contributed by atoms with van der Waals surface area (Å²) < 4.78 is 8.08. The van der Waals surface area contributed by atoms with Gasteiger partial charge in [0, 0.05) is 19.8 Å². The van der Waals surface area contributed by atoms with Gasteiger partial charge in [-0.1, -0.05) is 12.1 Å². The zero-order valence-corrected chi connectivity index (χ0v) is 15.7. The number of nitrogens with one attached hydrogen (secondary N) is 1. The molecule has 0 aliphatic carbocycles. The molecule has 3 N–H and O–H groups in total. The molecule has 1 amide bonds. The van der Waals surface area contributed by atoms with Crippen molar-refractivity contribution in [2.24, 2.45) is 5.92 Å². The molecule has 8 nitrogen and oxygen atoms in total. The van der Waals surface area contributed by atoms with Crippen LogP contribution in [0.3, 0.4) is 0 Å². The minimum atomic E-state index is -1.32. The molecule has 0 spiro atoms. The van der Waals surface area contributed by atoms with Crippen LogP contribution in [0, 0.1) is 5.92 Å². The van der Waals surface area contributed by atoms with Gasteiger partial charge in [0.15, 0.2) is 0 Å². The smallest absolute Gasteiger partial charge is 0.337 e. The van der Waals surface area contributed by atoms with E-state index in [1.165, 1.54) is 13.8 Å². The van der Waals surface area contributed by atoms with Gasteiger partial charge in [0.1, 0.15) is 0 Å². The van der Waals surface area contributed by atoms with E-state index in [4.69, 9.17) is 4.74 Å². The zero-order chi connectivity index (χ0) is 19.6. The van der Waals surface area contributed by atoms with Crippen molar-refractivity contribution in [1.29, 1.82) is 0 Å². The summed E-state index contributed by atoms with van der Waals surface area (Å²) in [5, 5.41) is 22.1. The molecule has 1 aliphatic rings. The Balaban J connectivity index is 1.97. The van der Waals surface area contributed by atoms with Crippen molar-refractivity contribution in [3.8, 4) is 0 Å². The van der Waals surface area contributed by atoms with E-state index in [1.807, 2.05) is 12.1 Å². The van der Waals surface area contributed by atoms with E-state index in [9.17, 15) is 19.8 Å². The number of aliphatic hydroxyl groups is 2. The van der Waals surface area contributed by atoms with Crippen LogP contribution in [0.5, 0.6) is 0 Å². The number of benzene rings is 1. The number of fused-ring (bicyclic) bond motifs is 1. The third-order valence-corrected chi connectivity index (χ3v) is 5.15. The summed E-state index contributed by atoms with van der Waals surface area (Å²) in [5.41, 5.74) is -0.561. The molecule has 1 fully saturated rings.